The summed E-state index contributed by atoms with van der Waals surface area (Å²) in [6.07, 6.45) is 1.86. The van der Waals surface area contributed by atoms with Crippen LogP contribution < -0.4 is 10.6 Å². The van der Waals surface area contributed by atoms with Gasteiger partial charge in [-0.3, -0.25) is 9.69 Å². The number of benzene rings is 4. The number of rotatable bonds is 12. The Hall–Kier alpha value is -4.25. The average molecular weight is 634 g/mol. The van der Waals surface area contributed by atoms with Gasteiger partial charge in [-0.1, -0.05) is 98.4 Å². The lowest BCUT2D eigenvalue weighted by molar-refractivity contribution is -0.150. The van der Waals surface area contributed by atoms with Crippen LogP contribution in [-0.4, -0.2) is 43.0 Å². The molecule has 6 nitrogen and oxygen atoms in total. The summed E-state index contributed by atoms with van der Waals surface area (Å²) in [7, 11) is 2.82. The Kier molecular flexibility index (Phi) is 11.4. The van der Waals surface area contributed by atoms with Crippen LogP contribution in [0.25, 0.3) is 11.1 Å². The van der Waals surface area contributed by atoms with Crippen LogP contribution in [0.5, 0.6) is 0 Å². The molecule has 3 atom stereocenters. The van der Waals surface area contributed by atoms with Gasteiger partial charge in [0.15, 0.2) is 0 Å². The van der Waals surface area contributed by atoms with Crippen molar-refractivity contribution in [1.82, 2.24) is 10.2 Å². The minimum Gasteiger partial charge on any atom is -0.462 e. The molecular weight excluding hydrogens is 589 g/mol. The van der Waals surface area contributed by atoms with Gasteiger partial charge in [-0.15, -0.1) is 9.24 Å². The van der Waals surface area contributed by atoms with E-state index >= 15 is 0 Å². The Bertz CT molecular complexity index is 1610. The number of carbonyl (C=O) groups is 2. The normalized spacial score (nSPS) is 15.0. The number of piperidine rings is 1. The molecule has 1 saturated heterocycles. The number of nitrogens with zero attached hydrogens (tertiary/aromatic N) is 1. The van der Waals surface area contributed by atoms with Gasteiger partial charge in [0, 0.05) is 23.5 Å². The summed E-state index contributed by atoms with van der Waals surface area (Å²) in [4.78, 5) is 28.9. The lowest BCUT2D eigenvalue weighted by Gasteiger charge is -2.36. The van der Waals surface area contributed by atoms with E-state index in [-0.39, 0.29) is 11.9 Å². The maximum atomic E-state index is 13.4. The van der Waals surface area contributed by atoms with Crippen molar-refractivity contribution < 1.29 is 14.3 Å². The van der Waals surface area contributed by atoms with E-state index in [9.17, 15) is 9.59 Å². The molecule has 0 spiro atoms. The second-order valence-corrected chi connectivity index (χ2v) is 13.0. The number of anilines is 1. The molecule has 7 heteroatoms. The summed E-state index contributed by atoms with van der Waals surface area (Å²) in [6, 6.07) is 33.8. The van der Waals surface area contributed by atoms with Crippen LogP contribution in [0, 0.1) is 0 Å². The van der Waals surface area contributed by atoms with Crippen molar-refractivity contribution in [2.75, 3.05) is 31.6 Å². The fourth-order valence-electron chi connectivity index (χ4n) is 6.05. The third kappa shape index (κ3) is 8.51. The number of esters is 1. The SMILES string of the molecule is C=C(C)NCCOC(=O)C(c1ccccc1)N1CCC(c2ccc(NC(=O)c3ccccc3-c3ccc(C(C)P)cc3)cc2)CC1. The highest BCUT2D eigenvalue weighted by molar-refractivity contribution is 7.17. The van der Waals surface area contributed by atoms with Crippen molar-refractivity contribution in [3.8, 4) is 11.1 Å². The molecule has 4 aromatic carbocycles. The first-order valence-corrected chi connectivity index (χ1v) is 16.7. The minimum atomic E-state index is -0.431. The molecule has 1 aliphatic rings. The molecule has 1 aliphatic heterocycles. The highest BCUT2D eigenvalue weighted by atomic mass is 31.0. The Balaban J connectivity index is 1.20. The van der Waals surface area contributed by atoms with Gasteiger partial charge < -0.3 is 15.4 Å². The molecule has 1 amide bonds. The van der Waals surface area contributed by atoms with Gasteiger partial charge in [-0.25, -0.2) is 4.79 Å². The van der Waals surface area contributed by atoms with E-state index in [2.05, 4.69) is 74.7 Å². The quantitative estimate of drug-likeness (QED) is 0.0937. The van der Waals surface area contributed by atoms with E-state index in [1.807, 2.05) is 73.7 Å². The van der Waals surface area contributed by atoms with Crippen molar-refractivity contribution in [3.63, 3.8) is 0 Å². The van der Waals surface area contributed by atoms with Gasteiger partial charge >= 0.3 is 5.97 Å². The second kappa shape index (κ2) is 15.8. The lowest BCUT2D eigenvalue weighted by Crippen LogP contribution is -2.40. The van der Waals surface area contributed by atoms with E-state index in [1.54, 1.807) is 0 Å². The van der Waals surface area contributed by atoms with Gasteiger partial charge in [-0.05, 0) is 90.4 Å². The molecule has 2 N–H and O–H groups in total. The third-order valence-corrected chi connectivity index (χ3v) is 8.95. The first-order valence-electron chi connectivity index (χ1n) is 16.0. The predicted octanol–water partition coefficient (Wildman–Crippen LogP) is 8.13. The van der Waals surface area contributed by atoms with Crippen molar-refractivity contribution >= 4 is 26.8 Å². The smallest absolute Gasteiger partial charge is 0.328 e. The zero-order valence-electron chi connectivity index (χ0n) is 26.7. The van der Waals surface area contributed by atoms with Crippen LogP contribution in [0.4, 0.5) is 5.69 Å². The Morgan fingerprint density at radius 1 is 0.891 bits per heavy atom. The number of hydrogen-bond acceptors (Lipinski definition) is 5. The molecular formula is C39H44N3O3P. The largest absolute Gasteiger partial charge is 0.462 e. The zero-order valence-corrected chi connectivity index (χ0v) is 27.9. The number of ether oxygens (including phenoxy) is 1. The predicted molar refractivity (Wildman–Crippen MR) is 191 cm³/mol. The standard InChI is InChI=1S/C39H44N3O3P/c1-27(2)40-23-26-45-39(44)37(33-9-5-4-6-10-33)42-24-21-31(22-25-42)30-17-19-34(20-18-30)41-38(43)36-12-8-7-11-35(36)32-15-13-29(14-16-32)28(3)46/h4-20,28,31,37,40H,1,21-26,46H2,2-3H3,(H,41,43). The number of allylic oxidation sites excluding steroid dienone is 1. The maximum Gasteiger partial charge on any atom is 0.328 e. The molecule has 0 saturated carbocycles. The Morgan fingerprint density at radius 2 is 1.54 bits per heavy atom. The summed E-state index contributed by atoms with van der Waals surface area (Å²) in [6.45, 7) is 10.3. The van der Waals surface area contributed by atoms with Gasteiger partial charge in [0.25, 0.3) is 5.91 Å². The number of hydrogen-bond donors (Lipinski definition) is 2. The Morgan fingerprint density at radius 3 is 2.20 bits per heavy atom. The maximum absolute atomic E-state index is 13.4. The molecule has 0 aromatic heterocycles. The van der Waals surface area contributed by atoms with Crippen LogP contribution in [-0.2, 0) is 9.53 Å². The van der Waals surface area contributed by atoms with Crippen LogP contribution in [0.2, 0.25) is 0 Å². The van der Waals surface area contributed by atoms with Gasteiger partial charge in [0.05, 0.1) is 0 Å². The highest BCUT2D eigenvalue weighted by Crippen LogP contribution is 2.34. The summed E-state index contributed by atoms with van der Waals surface area (Å²) in [5.41, 5.74) is 7.99. The average Bonchev–Trinajstić information content (AvgIpc) is 3.08. The van der Waals surface area contributed by atoms with Gasteiger partial charge in [0.1, 0.15) is 12.6 Å². The number of nitrogens with one attached hydrogen (secondary N) is 2. The fourth-order valence-corrected chi connectivity index (χ4v) is 6.28. The number of carbonyl (C=O) groups excluding carboxylic acids is 2. The summed E-state index contributed by atoms with van der Waals surface area (Å²) in [5, 5.41) is 6.21. The van der Waals surface area contributed by atoms with E-state index in [0.717, 1.165) is 54.0 Å². The fraction of sp³-hybridized carbons (Fsp3) is 0.282. The molecule has 4 aromatic rings. The molecule has 238 valence electrons. The monoisotopic (exact) mass is 633 g/mol. The molecule has 1 fully saturated rings. The molecule has 0 bridgehead atoms. The van der Waals surface area contributed by atoms with Crippen molar-refractivity contribution in [3.05, 3.63) is 138 Å². The van der Waals surface area contributed by atoms with Crippen LogP contribution in [0.1, 0.15) is 71.4 Å². The zero-order chi connectivity index (χ0) is 32.5. The van der Waals surface area contributed by atoms with E-state index in [1.165, 1.54) is 11.1 Å². The topological polar surface area (TPSA) is 70.7 Å². The van der Waals surface area contributed by atoms with E-state index in [0.29, 0.717) is 30.3 Å². The van der Waals surface area contributed by atoms with E-state index < -0.39 is 6.04 Å². The molecule has 5 rings (SSSR count). The number of likely N-dealkylation sites (tertiary alicyclic amines) is 1. The van der Waals surface area contributed by atoms with E-state index in [4.69, 9.17) is 4.74 Å². The molecule has 3 unspecified atom stereocenters. The summed E-state index contributed by atoms with van der Waals surface area (Å²) >= 11 is 0. The highest BCUT2D eigenvalue weighted by Gasteiger charge is 2.32. The van der Waals surface area contributed by atoms with Gasteiger partial charge in [-0.2, -0.15) is 0 Å². The first-order chi connectivity index (χ1) is 22.3. The summed E-state index contributed by atoms with van der Waals surface area (Å²) < 4.78 is 5.68. The van der Waals surface area contributed by atoms with Crippen molar-refractivity contribution in [1.29, 1.82) is 0 Å². The van der Waals surface area contributed by atoms with Crippen LogP contribution in [0.15, 0.2) is 115 Å². The van der Waals surface area contributed by atoms with Crippen LogP contribution >= 0.6 is 9.24 Å². The molecule has 0 aliphatic carbocycles. The van der Waals surface area contributed by atoms with Crippen molar-refractivity contribution in [2.45, 2.75) is 44.3 Å². The number of amides is 1. The molecule has 1 heterocycles. The van der Waals surface area contributed by atoms with Crippen molar-refractivity contribution in [2.24, 2.45) is 0 Å². The third-order valence-electron chi connectivity index (χ3n) is 8.57. The molecule has 46 heavy (non-hydrogen) atoms. The lowest BCUT2D eigenvalue weighted by atomic mass is 9.88. The minimum absolute atomic E-state index is 0.130. The van der Waals surface area contributed by atoms with Crippen LogP contribution in [0.3, 0.4) is 0 Å². The second-order valence-electron chi connectivity index (χ2n) is 12.0. The molecule has 0 radical (unpaired) electrons. The van der Waals surface area contributed by atoms with Gasteiger partial charge in [0.2, 0.25) is 0 Å². The first kappa shape index (κ1) is 33.1. The summed E-state index contributed by atoms with van der Waals surface area (Å²) in [5.74, 6) is 0.0250. The Labute approximate surface area is 275 Å².